The molecular formula is C16H16O4. The number of aromatic hydroxyl groups is 1. The number of phenolic OH excluding ortho intramolecular Hbond substituents is 1. The quantitative estimate of drug-likeness (QED) is 0.821. The van der Waals surface area contributed by atoms with E-state index in [4.69, 9.17) is 9.47 Å². The summed E-state index contributed by atoms with van der Waals surface area (Å²) in [5.41, 5.74) is 1.50. The zero-order chi connectivity index (χ0) is 14.4. The molecule has 0 saturated heterocycles. The van der Waals surface area contributed by atoms with Crippen molar-refractivity contribution in [2.75, 3.05) is 7.11 Å². The van der Waals surface area contributed by atoms with E-state index in [1.54, 1.807) is 6.07 Å². The number of phenols is 1. The van der Waals surface area contributed by atoms with Gasteiger partial charge in [-0.25, -0.2) is 0 Å². The Morgan fingerprint density at radius 1 is 1.20 bits per heavy atom. The third kappa shape index (κ3) is 3.29. The van der Waals surface area contributed by atoms with Crippen LogP contribution in [0.2, 0.25) is 0 Å². The topological polar surface area (TPSA) is 55.8 Å². The fraction of sp³-hybridized carbons (Fsp3) is 0.188. The van der Waals surface area contributed by atoms with E-state index in [0.717, 1.165) is 11.8 Å². The molecule has 0 saturated carbocycles. The summed E-state index contributed by atoms with van der Waals surface area (Å²) in [6, 6.07) is 12.9. The predicted molar refractivity (Wildman–Crippen MR) is 75.2 cm³/mol. The van der Waals surface area contributed by atoms with Crippen molar-refractivity contribution >= 4 is 6.29 Å². The Kier molecular flexibility index (Phi) is 4.60. The molecule has 0 amide bonds. The van der Waals surface area contributed by atoms with Gasteiger partial charge >= 0.3 is 0 Å². The van der Waals surface area contributed by atoms with Crippen molar-refractivity contribution < 1.29 is 19.4 Å². The van der Waals surface area contributed by atoms with Crippen LogP contribution >= 0.6 is 0 Å². The molecule has 1 N–H and O–H groups in total. The second kappa shape index (κ2) is 6.61. The van der Waals surface area contributed by atoms with Gasteiger partial charge in [0.25, 0.3) is 0 Å². The molecule has 0 fully saturated rings. The monoisotopic (exact) mass is 272 g/mol. The van der Waals surface area contributed by atoms with Crippen molar-refractivity contribution in [2.24, 2.45) is 0 Å². The summed E-state index contributed by atoms with van der Waals surface area (Å²) >= 11 is 0. The zero-order valence-electron chi connectivity index (χ0n) is 11.2. The van der Waals surface area contributed by atoms with Crippen LogP contribution < -0.4 is 9.47 Å². The van der Waals surface area contributed by atoms with Gasteiger partial charge in [-0.2, -0.15) is 0 Å². The fourth-order valence-corrected chi connectivity index (χ4v) is 1.90. The third-order valence-corrected chi connectivity index (χ3v) is 2.91. The fourth-order valence-electron chi connectivity index (χ4n) is 1.90. The second-order valence-electron chi connectivity index (χ2n) is 4.27. The Balaban J connectivity index is 2.16. The molecule has 4 nitrogen and oxygen atoms in total. The summed E-state index contributed by atoms with van der Waals surface area (Å²) in [5.74, 6) is 0.942. The van der Waals surface area contributed by atoms with Crippen molar-refractivity contribution in [1.29, 1.82) is 0 Å². The van der Waals surface area contributed by atoms with Crippen LogP contribution in [0.25, 0.3) is 0 Å². The third-order valence-electron chi connectivity index (χ3n) is 2.91. The first-order chi connectivity index (χ1) is 9.74. The Bertz CT molecular complexity index is 579. The molecule has 2 aromatic carbocycles. The smallest absolute Gasteiger partial charge is 0.129 e. The maximum Gasteiger partial charge on any atom is 0.129 e. The highest BCUT2D eigenvalue weighted by molar-refractivity contribution is 5.62. The number of benzene rings is 2. The molecule has 0 aliphatic heterocycles. The standard InChI is InChI=1S/C16H16O4/c1-19-16-10-13(9-15(18)14(16)7-8-17)20-11-12-5-3-2-4-6-12/h2-6,8-10,18H,7,11H2,1H3. The summed E-state index contributed by atoms with van der Waals surface area (Å²) in [7, 11) is 1.49. The summed E-state index contributed by atoms with van der Waals surface area (Å²) in [6.45, 7) is 0.399. The lowest BCUT2D eigenvalue weighted by Gasteiger charge is -2.12. The van der Waals surface area contributed by atoms with Crippen LogP contribution in [0, 0.1) is 0 Å². The van der Waals surface area contributed by atoms with E-state index in [1.165, 1.54) is 13.2 Å². The van der Waals surface area contributed by atoms with Gasteiger partial charge in [0, 0.05) is 24.1 Å². The lowest BCUT2D eigenvalue weighted by atomic mass is 10.1. The summed E-state index contributed by atoms with van der Waals surface area (Å²) in [6.07, 6.45) is 0.829. The molecule has 0 atom stereocenters. The van der Waals surface area contributed by atoms with E-state index >= 15 is 0 Å². The molecule has 0 unspecified atom stereocenters. The summed E-state index contributed by atoms with van der Waals surface area (Å²) in [4.78, 5) is 10.6. The number of carbonyl (C=O) groups excluding carboxylic acids is 1. The van der Waals surface area contributed by atoms with E-state index in [0.29, 0.717) is 23.7 Å². The second-order valence-corrected chi connectivity index (χ2v) is 4.27. The van der Waals surface area contributed by atoms with E-state index in [9.17, 15) is 9.90 Å². The number of carbonyl (C=O) groups is 1. The van der Waals surface area contributed by atoms with Crippen molar-refractivity contribution in [1.82, 2.24) is 0 Å². The molecule has 0 radical (unpaired) electrons. The number of rotatable bonds is 6. The zero-order valence-corrected chi connectivity index (χ0v) is 11.2. The molecule has 20 heavy (non-hydrogen) atoms. The van der Waals surface area contributed by atoms with Crippen LogP contribution in [0.15, 0.2) is 42.5 Å². The average molecular weight is 272 g/mol. The van der Waals surface area contributed by atoms with Crippen LogP contribution in [-0.4, -0.2) is 18.5 Å². The lowest BCUT2D eigenvalue weighted by molar-refractivity contribution is -0.107. The summed E-state index contributed by atoms with van der Waals surface area (Å²) in [5, 5.41) is 9.91. The first kappa shape index (κ1) is 13.9. The van der Waals surface area contributed by atoms with E-state index in [-0.39, 0.29) is 12.2 Å². The van der Waals surface area contributed by atoms with Gasteiger partial charge in [0.05, 0.1) is 7.11 Å². The minimum absolute atomic E-state index is 0.000452. The van der Waals surface area contributed by atoms with Crippen molar-refractivity contribution in [2.45, 2.75) is 13.0 Å². The molecule has 2 rings (SSSR count). The Labute approximate surface area is 117 Å². The highest BCUT2D eigenvalue weighted by atomic mass is 16.5. The molecule has 2 aromatic rings. The van der Waals surface area contributed by atoms with Gasteiger partial charge in [-0.15, -0.1) is 0 Å². The van der Waals surface area contributed by atoms with Crippen LogP contribution in [0.4, 0.5) is 0 Å². The van der Waals surface area contributed by atoms with Crippen molar-refractivity contribution in [3.63, 3.8) is 0 Å². The molecule has 0 aromatic heterocycles. The van der Waals surface area contributed by atoms with Crippen LogP contribution in [-0.2, 0) is 17.8 Å². The van der Waals surface area contributed by atoms with Gasteiger partial charge in [0.1, 0.15) is 30.1 Å². The molecule has 0 aliphatic carbocycles. The highest BCUT2D eigenvalue weighted by Crippen LogP contribution is 2.33. The molecule has 0 aliphatic rings. The number of aldehydes is 1. The van der Waals surface area contributed by atoms with Crippen LogP contribution in [0.3, 0.4) is 0 Å². The predicted octanol–water partition coefficient (Wildman–Crippen LogP) is 2.72. The Morgan fingerprint density at radius 3 is 2.60 bits per heavy atom. The van der Waals surface area contributed by atoms with E-state index in [1.807, 2.05) is 30.3 Å². The SMILES string of the molecule is COc1cc(OCc2ccccc2)cc(O)c1CC=O. The normalized spacial score (nSPS) is 10.1. The van der Waals surface area contributed by atoms with Crippen LogP contribution in [0.1, 0.15) is 11.1 Å². The van der Waals surface area contributed by atoms with Gasteiger partial charge < -0.3 is 19.4 Å². The first-order valence-corrected chi connectivity index (χ1v) is 6.25. The van der Waals surface area contributed by atoms with Gasteiger partial charge in [0.2, 0.25) is 0 Å². The van der Waals surface area contributed by atoms with Gasteiger partial charge in [-0.3, -0.25) is 0 Å². The largest absolute Gasteiger partial charge is 0.507 e. The maximum atomic E-state index is 10.6. The number of methoxy groups -OCH3 is 1. The lowest BCUT2D eigenvalue weighted by Crippen LogP contribution is -1.98. The molecule has 0 spiro atoms. The number of hydrogen-bond donors (Lipinski definition) is 1. The minimum Gasteiger partial charge on any atom is -0.507 e. The number of hydrogen-bond acceptors (Lipinski definition) is 4. The molecule has 104 valence electrons. The van der Waals surface area contributed by atoms with Gasteiger partial charge in [0.15, 0.2) is 0 Å². The summed E-state index contributed by atoms with van der Waals surface area (Å²) < 4.78 is 10.8. The molecule has 0 heterocycles. The molecule has 0 bridgehead atoms. The van der Waals surface area contributed by atoms with Crippen molar-refractivity contribution in [3.05, 3.63) is 53.6 Å². The average Bonchev–Trinajstić information content (AvgIpc) is 2.48. The number of ether oxygens (including phenoxy) is 2. The van der Waals surface area contributed by atoms with E-state index < -0.39 is 0 Å². The van der Waals surface area contributed by atoms with Gasteiger partial charge in [-0.05, 0) is 5.56 Å². The molecule has 4 heteroatoms. The van der Waals surface area contributed by atoms with Crippen LogP contribution in [0.5, 0.6) is 17.2 Å². The highest BCUT2D eigenvalue weighted by Gasteiger charge is 2.11. The first-order valence-electron chi connectivity index (χ1n) is 6.25. The minimum atomic E-state index is -0.000452. The Hall–Kier alpha value is -2.49. The van der Waals surface area contributed by atoms with Crippen molar-refractivity contribution in [3.8, 4) is 17.2 Å². The molecular weight excluding hydrogens is 256 g/mol. The van der Waals surface area contributed by atoms with E-state index in [2.05, 4.69) is 0 Å². The Morgan fingerprint density at radius 2 is 1.95 bits per heavy atom. The van der Waals surface area contributed by atoms with Gasteiger partial charge in [-0.1, -0.05) is 30.3 Å². The maximum absolute atomic E-state index is 10.6.